The Bertz CT molecular complexity index is 391. The van der Waals surface area contributed by atoms with Crippen LogP contribution in [-0.2, 0) is 14.3 Å². The van der Waals surface area contributed by atoms with E-state index < -0.39 is 16.8 Å². The molecule has 3 heterocycles. The van der Waals surface area contributed by atoms with E-state index in [0.29, 0.717) is 0 Å². The maximum absolute atomic E-state index is 11.4. The van der Waals surface area contributed by atoms with Crippen molar-refractivity contribution >= 4 is 39.6 Å². The van der Waals surface area contributed by atoms with Gasteiger partial charge in [0.2, 0.25) is 5.91 Å². The van der Waals surface area contributed by atoms with E-state index in [1.165, 1.54) is 16.7 Å². The molecule has 0 aromatic heterocycles. The maximum Gasteiger partial charge on any atom is 0.240 e. The molecule has 0 spiro atoms. The molecule has 3 fully saturated rings. The van der Waals surface area contributed by atoms with E-state index in [2.05, 4.69) is 21.2 Å². The SMILES string of the molecule is C1COCC[NH2+]1.CC1(C)S[C@H]2[C@@H](Br)C(=O)N2[C@@H]1C(=O)[O-]. The van der Waals surface area contributed by atoms with Crippen molar-refractivity contribution in [3.8, 4) is 0 Å². The Hall–Kier alpha value is -0.310. The Morgan fingerprint density at radius 3 is 2.50 bits per heavy atom. The van der Waals surface area contributed by atoms with Crippen molar-refractivity contribution in [1.82, 2.24) is 4.90 Å². The molecule has 8 heteroatoms. The molecule has 0 aromatic carbocycles. The number of amides is 1. The molecule has 20 heavy (non-hydrogen) atoms. The molecule has 0 saturated carbocycles. The van der Waals surface area contributed by atoms with Crippen LogP contribution < -0.4 is 10.4 Å². The van der Waals surface area contributed by atoms with Crippen molar-refractivity contribution in [3.63, 3.8) is 0 Å². The highest BCUT2D eigenvalue weighted by Crippen LogP contribution is 2.52. The average Bonchev–Trinajstić information content (AvgIpc) is 2.70. The van der Waals surface area contributed by atoms with Crippen molar-refractivity contribution in [2.75, 3.05) is 26.3 Å². The molecule has 0 bridgehead atoms. The Morgan fingerprint density at radius 1 is 1.50 bits per heavy atom. The number of β-lactam (4-membered cyclic amide) rings is 1. The summed E-state index contributed by atoms with van der Waals surface area (Å²) in [6.07, 6.45) is 0. The molecule has 0 aliphatic carbocycles. The van der Waals surface area contributed by atoms with E-state index in [1.807, 2.05) is 13.8 Å². The monoisotopic (exact) mass is 366 g/mol. The van der Waals surface area contributed by atoms with Gasteiger partial charge in [-0.3, -0.25) is 4.79 Å². The second-order valence-corrected chi connectivity index (χ2v) is 8.22. The van der Waals surface area contributed by atoms with Crippen LogP contribution in [0, 0.1) is 0 Å². The number of alkyl halides is 1. The second kappa shape index (κ2) is 6.21. The lowest BCUT2D eigenvalue weighted by molar-refractivity contribution is -0.670. The van der Waals surface area contributed by atoms with Gasteiger partial charge >= 0.3 is 0 Å². The molecule has 2 N–H and O–H groups in total. The van der Waals surface area contributed by atoms with Gasteiger partial charge < -0.3 is 24.9 Å². The van der Waals surface area contributed by atoms with Gasteiger partial charge in [-0.25, -0.2) is 0 Å². The molecule has 3 saturated heterocycles. The smallest absolute Gasteiger partial charge is 0.240 e. The van der Waals surface area contributed by atoms with E-state index in [4.69, 9.17) is 4.74 Å². The summed E-state index contributed by atoms with van der Waals surface area (Å²) in [4.78, 5) is 23.5. The van der Waals surface area contributed by atoms with Crippen LogP contribution in [0.15, 0.2) is 0 Å². The van der Waals surface area contributed by atoms with Crippen molar-refractivity contribution in [2.24, 2.45) is 0 Å². The zero-order valence-corrected chi connectivity index (χ0v) is 13.9. The average molecular weight is 367 g/mol. The fraction of sp³-hybridized carbons (Fsp3) is 0.833. The summed E-state index contributed by atoms with van der Waals surface area (Å²) in [5.74, 6) is -1.32. The lowest BCUT2D eigenvalue weighted by atomic mass is 9.98. The third kappa shape index (κ3) is 2.98. The zero-order chi connectivity index (χ0) is 14.9. The largest absolute Gasteiger partial charge is 0.548 e. The minimum atomic E-state index is -1.17. The van der Waals surface area contributed by atoms with Crippen LogP contribution in [0.4, 0.5) is 0 Å². The van der Waals surface area contributed by atoms with Gasteiger partial charge in [0.15, 0.2) is 0 Å². The maximum atomic E-state index is 11.4. The van der Waals surface area contributed by atoms with Gasteiger partial charge in [0, 0.05) is 4.75 Å². The Balaban J connectivity index is 0.000000205. The summed E-state index contributed by atoms with van der Waals surface area (Å²) in [7, 11) is 0. The predicted octanol–water partition coefficient (Wildman–Crippen LogP) is -1.86. The molecule has 0 radical (unpaired) electrons. The third-order valence-electron chi connectivity index (χ3n) is 3.53. The number of quaternary nitrogens is 1. The molecule has 1 amide bonds. The summed E-state index contributed by atoms with van der Waals surface area (Å²) in [6, 6.07) is -0.807. The number of halogens is 1. The highest BCUT2D eigenvalue weighted by molar-refractivity contribution is 9.10. The quantitative estimate of drug-likeness (QED) is 0.434. The zero-order valence-electron chi connectivity index (χ0n) is 11.5. The molecule has 6 nitrogen and oxygen atoms in total. The molecule has 3 aliphatic heterocycles. The normalized spacial score (nSPS) is 34.6. The fourth-order valence-corrected chi connectivity index (χ4v) is 4.88. The van der Waals surface area contributed by atoms with Gasteiger partial charge in [-0.05, 0) is 13.8 Å². The van der Waals surface area contributed by atoms with Gasteiger partial charge in [-0.15, -0.1) is 11.8 Å². The molecule has 114 valence electrons. The van der Waals surface area contributed by atoms with Crippen molar-refractivity contribution in [2.45, 2.75) is 34.8 Å². The van der Waals surface area contributed by atoms with Crippen molar-refractivity contribution in [1.29, 1.82) is 0 Å². The van der Waals surface area contributed by atoms with E-state index in [1.54, 1.807) is 0 Å². The van der Waals surface area contributed by atoms with Crippen LogP contribution in [0.5, 0.6) is 0 Å². The molecule has 0 aromatic rings. The molecule has 0 unspecified atom stereocenters. The Labute approximate surface area is 130 Å². The van der Waals surface area contributed by atoms with Gasteiger partial charge in [-0.1, -0.05) is 15.9 Å². The number of morpholine rings is 1. The number of hydrogen-bond acceptors (Lipinski definition) is 5. The number of thioether (sulfide) groups is 1. The molecule has 3 aliphatic rings. The summed E-state index contributed by atoms with van der Waals surface area (Å²) >= 11 is 4.74. The molecular weight excluding hydrogens is 348 g/mol. The number of carboxylic acids is 1. The summed E-state index contributed by atoms with van der Waals surface area (Å²) < 4.78 is 4.57. The lowest BCUT2D eigenvalue weighted by Gasteiger charge is -2.42. The second-order valence-electron chi connectivity index (χ2n) is 5.46. The van der Waals surface area contributed by atoms with Gasteiger partial charge in [-0.2, -0.15) is 0 Å². The first kappa shape index (κ1) is 16.1. The first-order valence-electron chi connectivity index (χ1n) is 6.60. The third-order valence-corrected chi connectivity index (χ3v) is 6.35. The van der Waals surface area contributed by atoms with Crippen LogP contribution in [0.2, 0.25) is 0 Å². The standard InChI is InChI=1S/C8H10BrNO3S.C4H9NO/c1-8(2)4(7(12)13)10-5(11)3(9)6(10)14-8;1-3-6-4-2-5-1/h3-4,6H,1-2H3,(H,12,13);5H,1-4H2/t3-,4+,6-;/m0./s1. The predicted molar refractivity (Wildman–Crippen MR) is 76.3 cm³/mol. The van der Waals surface area contributed by atoms with Gasteiger partial charge in [0.25, 0.3) is 0 Å². The highest BCUT2D eigenvalue weighted by atomic mass is 79.9. The first-order valence-corrected chi connectivity index (χ1v) is 8.40. The van der Waals surface area contributed by atoms with E-state index in [0.717, 1.165) is 26.3 Å². The number of carbonyl (C=O) groups excluding carboxylic acids is 2. The van der Waals surface area contributed by atoms with Gasteiger partial charge in [0.1, 0.15) is 10.2 Å². The fourth-order valence-electron chi connectivity index (χ4n) is 2.53. The molecule has 3 atom stereocenters. The first-order chi connectivity index (χ1) is 9.36. The van der Waals surface area contributed by atoms with Crippen LogP contribution in [0.1, 0.15) is 13.8 Å². The number of ether oxygens (including phenoxy) is 1. The van der Waals surface area contributed by atoms with Crippen molar-refractivity contribution in [3.05, 3.63) is 0 Å². The van der Waals surface area contributed by atoms with Crippen LogP contribution >= 0.6 is 27.7 Å². The number of nitrogens with zero attached hydrogens (tertiary/aromatic N) is 1. The number of aliphatic carboxylic acids is 1. The number of carbonyl (C=O) groups is 2. The number of nitrogens with two attached hydrogens (primary N) is 1. The Kier molecular flexibility index (Phi) is 4.99. The highest BCUT2D eigenvalue weighted by Gasteiger charge is 2.60. The lowest BCUT2D eigenvalue weighted by Crippen LogP contribution is -2.87. The minimum absolute atomic E-state index is 0.0552. The number of carboxylic acid groups (broad SMARTS) is 1. The topological polar surface area (TPSA) is 86.3 Å². The summed E-state index contributed by atoms with van der Waals surface area (Å²) in [5, 5.41) is 13.1. The molecule has 3 rings (SSSR count). The van der Waals surface area contributed by atoms with Crippen LogP contribution in [0.3, 0.4) is 0 Å². The van der Waals surface area contributed by atoms with E-state index in [-0.39, 0.29) is 16.1 Å². The number of rotatable bonds is 1. The minimum Gasteiger partial charge on any atom is -0.548 e. The summed E-state index contributed by atoms with van der Waals surface area (Å²) in [6.45, 7) is 7.84. The molecular formula is C12H19BrN2O4S. The van der Waals surface area contributed by atoms with Gasteiger partial charge in [0.05, 0.1) is 38.3 Å². The number of hydrogen-bond donors (Lipinski definition) is 1. The van der Waals surface area contributed by atoms with E-state index >= 15 is 0 Å². The van der Waals surface area contributed by atoms with E-state index in [9.17, 15) is 14.7 Å². The Morgan fingerprint density at radius 2 is 2.10 bits per heavy atom. The van der Waals surface area contributed by atoms with Crippen molar-refractivity contribution < 1.29 is 24.7 Å². The summed E-state index contributed by atoms with van der Waals surface area (Å²) in [5.41, 5.74) is 0. The van der Waals surface area contributed by atoms with Crippen LogP contribution in [-0.4, -0.2) is 64.1 Å². The number of fused-ring (bicyclic) bond motifs is 1. The van der Waals surface area contributed by atoms with Crippen LogP contribution in [0.25, 0.3) is 0 Å².